The molecule has 11 heteroatoms. The van der Waals surface area contributed by atoms with Gasteiger partial charge in [-0.1, -0.05) is 0 Å². The van der Waals surface area contributed by atoms with Gasteiger partial charge in [-0.05, 0) is 22.6 Å². The number of benzene rings is 1. The van der Waals surface area contributed by atoms with Crippen molar-refractivity contribution in [3.8, 4) is 0 Å². The van der Waals surface area contributed by atoms with Crippen molar-refractivity contribution in [2.24, 2.45) is 0 Å². The van der Waals surface area contributed by atoms with Gasteiger partial charge in [-0.25, -0.2) is 14.4 Å². The van der Waals surface area contributed by atoms with Crippen LogP contribution in [0, 0.1) is 13.7 Å². The SMILES string of the molecule is CC1(C)OC(=O)C(=CNc2c(I)cc([N+](=O)[O-])cc2C(=O)O)C(=O)O1. The molecule has 1 heterocycles. The summed E-state index contributed by atoms with van der Waals surface area (Å²) in [7, 11) is 0. The molecule has 132 valence electrons. The number of anilines is 1. The van der Waals surface area contributed by atoms with Crippen LogP contribution in [0.1, 0.15) is 24.2 Å². The van der Waals surface area contributed by atoms with E-state index in [1.54, 1.807) is 22.6 Å². The summed E-state index contributed by atoms with van der Waals surface area (Å²) in [6.45, 7) is 2.77. The van der Waals surface area contributed by atoms with Crippen molar-refractivity contribution < 1.29 is 33.9 Å². The van der Waals surface area contributed by atoms with Gasteiger partial charge in [-0.3, -0.25) is 10.1 Å². The van der Waals surface area contributed by atoms with Crippen molar-refractivity contribution in [3.05, 3.63) is 43.2 Å². The highest BCUT2D eigenvalue weighted by Crippen LogP contribution is 2.30. The first-order valence-corrected chi connectivity index (χ1v) is 7.74. The number of ether oxygens (including phenoxy) is 2. The zero-order valence-electron chi connectivity index (χ0n) is 12.9. The predicted octanol–water partition coefficient (Wildman–Crippen LogP) is 2.03. The number of aromatic carboxylic acids is 1. The van der Waals surface area contributed by atoms with Crippen LogP contribution in [-0.2, 0) is 19.1 Å². The summed E-state index contributed by atoms with van der Waals surface area (Å²) >= 11 is 1.70. The number of non-ortho nitro benzene ring substituents is 1. The number of rotatable bonds is 4. The largest absolute Gasteiger partial charge is 0.478 e. The first-order chi connectivity index (χ1) is 11.5. The van der Waals surface area contributed by atoms with Gasteiger partial charge in [0.25, 0.3) is 11.5 Å². The molecule has 0 bridgehead atoms. The summed E-state index contributed by atoms with van der Waals surface area (Å²) in [6.07, 6.45) is 0.940. The average Bonchev–Trinajstić information content (AvgIpc) is 2.45. The molecule has 1 aliphatic heterocycles. The summed E-state index contributed by atoms with van der Waals surface area (Å²) < 4.78 is 10.0. The Hall–Kier alpha value is -2.70. The highest BCUT2D eigenvalue weighted by Gasteiger charge is 2.39. The Balaban J connectivity index is 2.41. The molecule has 0 saturated carbocycles. The molecule has 0 unspecified atom stereocenters. The monoisotopic (exact) mass is 462 g/mol. The van der Waals surface area contributed by atoms with Crippen LogP contribution in [0.15, 0.2) is 23.9 Å². The van der Waals surface area contributed by atoms with Gasteiger partial charge in [0.2, 0.25) is 0 Å². The summed E-state index contributed by atoms with van der Waals surface area (Å²) in [5.41, 5.74) is -1.28. The Morgan fingerprint density at radius 2 is 1.88 bits per heavy atom. The minimum Gasteiger partial charge on any atom is -0.478 e. The molecule has 2 rings (SSSR count). The molecular formula is C14H11IN2O8. The van der Waals surface area contributed by atoms with Gasteiger partial charge >= 0.3 is 17.9 Å². The van der Waals surface area contributed by atoms with Gasteiger partial charge in [0.15, 0.2) is 5.57 Å². The van der Waals surface area contributed by atoms with Crippen molar-refractivity contribution in [2.75, 3.05) is 5.32 Å². The normalized spacial score (nSPS) is 15.9. The molecule has 0 aromatic heterocycles. The highest BCUT2D eigenvalue weighted by molar-refractivity contribution is 14.1. The molecule has 1 aromatic rings. The topological polar surface area (TPSA) is 145 Å². The minimum absolute atomic E-state index is 0.0170. The lowest BCUT2D eigenvalue weighted by atomic mass is 10.1. The lowest BCUT2D eigenvalue weighted by molar-refractivity contribution is -0.385. The third-order valence-electron chi connectivity index (χ3n) is 2.99. The van der Waals surface area contributed by atoms with Crippen LogP contribution < -0.4 is 5.32 Å². The van der Waals surface area contributed by atoms with Crippen LogP contribution in [-0.4, -0.2) is 33.7 Å². The van der Waals surface area contributed by atoms with E-state index in [0.29, 0.717) is 0 Å². The van der Waals surface area contributed by atoms with Crippen LogP contribution in [0.3, 0.4) is 0 Å². The fourth-order valence-corrected chi connectivity index (χ4v) is 2.70. The summed E-state index contributed by atoms with van der Waals surface area (Å²) in [5.74, 6) is -4.71. The molecule has 1 aliphatic rings. The maximum absolute atomic E-state index is 11.8. The van der Waals surface area contributed by atoms with Crippen LogP contribution >= 0.6 is 22.6 Å². The Bertz CT molecular complexity index is 808. The quantitative estimate of drug-likeness (QED) is 0.171. The van der Waals surface area contributed by atoms with E-state index in [0.717, 1.165) is 18.3 Å². The molecule has 0 aliphatic carbocycles. The number of nitrogens with zero attached hydrogens (tertiary/aromatic N) is 1. The molecule has 0 radical (unpaired) electrons. The lowest BCUT2D eigenvalue weighted by Crippen LogP contribution is -2.42. The fourth-order valence-electron chi connectivity index (χ4n) is 1.94. The van der Waals surface area contributed by atoms with E-state index in [9.17, 15) is 29.6 Å². The molecule has 25 heavy (non-hydrogen) atoms. The van der Waals surface area contributed by atoms with Crippen LogP contribution in [0.25, 0.3) is 0 Å². The Labute approximate surface area is 154 Å². The maximum atomic E-state index is 11.8. The van der Waals surface area contributed by atoms with Gasteiger partial charge in [-0.15, -0.1) is 0 Å². The number of carboxylic acid groups (broad SMARTS) is 1. The van der Waals surface area contributed by atoms with Crippen LogP contribution in [0.2, 0.25) is 0 Å². The maximum Gasteiger partial charge on any atom is 0.350 e. The number of nitro benzene ring substituents is 1. The zero-order valence-corrected chi connectivity index (χ0v) is 15.0. The van der Waals surface area contributed by atoms with Crippen LogP contribution in [0.5, 0.6) is 0 Å². The molecule has 0 atom stereocenters. The number of hydrogen-bond acceptors (Lipinski definition) is 8. The van der Waals surface area contributed by atoms with Gasteiger partial charge < -0.3 is 19.9 Å². The second-order valence-corrected chi connectivity index (χ2v) is 6.46. The van der Waals surface area contributed by atoms with E-state index in [1.807, 2.05) is 0 Å². The predicted molar refractivity (Wildman–Crippen MR) is 90.7 cm³/mol. The fraction of sp³-hybridized carbons (Fsp3) is 0.214. The molecule has 0 spiro atoms. The number of hydrogen-bond donors (Lipinski definition) is 2. The number of esters is 2. The average molecular weight is 462 g/mol. The molecule has 1 fully saturated rings. The second-order valence-electron chi connectivity index (χ2n) is 5.29. The van der Waals surface area contributed by atoms with Crippen molar-refractivity contribution in [3.63, 3.8) is 0 Å². The van der Waals surface area contributed by atoms with Crippen molar-refractivity contribution in [2.45, 2.75) is 19.6 Å². The molecular weight excluding hydrogens is 451 g/mol. The number of nitrogens with one attached hydrogen (secondary N) is 1. The van der Waals surface area contributed by atoms with Gasteiger partial charge in [0, 0.05) is 35.8 Å². The first kappa shape index (κ1) is 18.6. The van der Waals surface area contributed by atoms with Crippen LogP contribution in [0.4, 0.5) is 11.4 Å². The minimum atomic E-state index is -1.42. The number of nitro groups is 1. The van der Waals surface area contributed by atoms with E-state index in [4.69, 9.17) is 9.47 Å². The van der Waals surface area contributed by atoms with Crippen molar-refractivity contribution in [1.29, 1.82) is 0 Å². The van der Waals surface area contributed by atoms with Gasteiger partial charge in [0.05, 0.1) is 16.2 Å². The number of carbonyl (C=O) groups is 3. The van der Waals surface area contributed by atoms with E-state index in [-0.39, 0.29) is 9.26 Å². The van der Waals surface area contributed by atoms with Gasteiger partial charge in [-0.2, -0.15) is 0 Å². The molecule has 2 N–H and O–H groups in total. The number of cyclic esters (lactones) is 2. The van der Waals surface area contributed by atoms with E-state index < -0.39 is 45.4 Å². The summed E-state index contributed by atoms with van der Waals surface area (Å²) in [5, 5.41) is 22.6. The van der Waals surface area contributed by atoms with E-state index in [2.05, 4.69) is 5.32 Å². The number of carboxylic acids is 1. The van der Waals surface area contributed by atoms with Crippen molar-refractivity contribution in [1.82, 2.24) is 0 Å². The lowest BCUT2D eigenvalue weighted by Gasteiger charge is -2.29. The smallest absolute Gasteiger partial charge is 0.350 e. The van der Waals surface area contributed by atoms with Crippen molar-refractivity contribution >= 4 is 51.9 Å². The standard InChI is InChI=1S/C14H11IN2O8/c1-14(2)24-12(20)8(13(21)25-14)5-16-10-7(11(18)19)3-6(17(22)23)4-9(10)15/h3-5,16H,1-2H3,(H,18,19). The third kappa shape index (κ3) is 4.04. The summed E-state index contributed by atoms with van der Waals surface area (Å²) in [4.78, 5) is 45.2. The first-order valence-electron chi connectivity index (χ1n) is 6.66. The third-order valence-corrected chi connectivity index (χ3v) is 3.84. The Morgan fingerprint density at radius 1 is 1.32 bits per heavy atom. The zero-order chi connectivity index (χ0) is 18.9. The van der Waals surface area contributed by atoms with E-state index >= 15 is 0 Å². The summed E-state index contributed by atoms with van der Waals surface area (Å²) in [6, 6.07) is 2.01. The Morgan fingerprint density at radius 3 is 2.36 bits per heavy atom. The molecule has 1 saturated heterocycles. The second kappa shape index (κ2) is 6.66. The number of carbonyl (C=O) groups excluding carboxylic acids is 2. The molecule has 1 aromatic carbocycles. The molecule has 0 amide bonds. The van der Waals surface area contributed by atoms with E-state index in [1.165, 1.54) is 13.8 Å². The van der Waals surface area contributed by atoms with Gasteiger partial charge in [0.1, 0.15) is 0 Å². The number of halogens is 1. The highest BCUT2D eigenvalue weighted by atomic mass is 127. The molecule has 10 nitrogen and oxygen atoms in total. The Kier molecular flexibility index (Phi) is 4.97.